The van der Waals surface area contributed by atoms with Crippen LogP contribution in [0.1, 0.15) is 388 Å². The molecule has 19 heteroatoms. The third-order valence-electron chi connectivity index (χ3n) is 17.8. The van der Waals surface area contributed by atoms with E-state index < -0.39 is 97.5 Å². The van der Waals surface area contributed by atoms with E-state index in [0.717, 1.165) is 102 Å². The summed E-state index contributed by atoms with van der Waals surface area (Å²) in [5.74, 6) is -0.695. The van der Waals surface area contributed by atoms with Gasteiger partial charge < -0.3 is 33.8 Å². The number of phosphoric ester groups is 2. The van der Waals surface area contributed by atoms with Crippen LogP contribution in [0.25, 0.3) is 0 Å². The topological polar surface area (TPSA) is 237 Å². The number of aliphatic hydroxyl groups excluding tert-OH is 1. The maximum atomic E-state index is 13.1. The largest absolute Gasteiger partial charge is 0.472 e. The van der Waals surface area contributed by atoms with E-state index >= 15 is 0 Å². The molecule has 0 spiro atoms. The summed E-state index contributed by atoms with van der Waals surface area (Å²) in [6, 6.07) is 0. The summed E-state index contributed by atoms with van der Waals surface area (Å²) in [6.45, 7) is 9.48. The van der Waals surface area contributed by atoms with Gasteiger partial charge in [-0.05, 0) is 37.5 Å². The highest BCUT2D eigenvalue weighted by molar-refractivity contribution is 7.47. The molecule has 0 aromatic carbocycles. The second-order valence-electron chi connectivity index (χ2n) is 27.8. The van der Waals surface area contributed by atoms with Crippen molar-refractivity contribution in [1.29, 1.82) is 0 Å². The molecule has 0 aromatic rings. The maximum Gasteiger partial charge on any atom is 0.472 e. The lowest BCUT2D eigenvalue weighted by Crippen LogP contribution is -2.30. The number of phosphoric acid groups is 2. The molecular weight excluding hydrogens is 1230 g/mol. The zero-order valence-electron chi connectivity index (χ0n) is 61.3. The van der Waals surface area contributed by atoms with Crippen LogP contribution >= 0.6 is 15.6 Å². The van der Waals surface area contributed by atoms with Crippen LogP contribution < -0.4 is 0 Å². The van der Waals surface area contributed by atoms with E-state index in [1.54, 1.807) is 0 Å². The van der Waals surface area contributed by atoms with Crippen LogP contribution in [0.2, 0.25) is 0 Å². The summed E-state index contributed by atoms with van der Waals surface area (Å²) in [5, 5.41) is 10.6. The highest BCUT2D eigenvalue weighted by Crippen LogP contribution is 2.45. The highest BCUT2D eigenvalue weighted by Gasteiger charge is 2.30. The van der Waals surface area contributed by atoms with Crippen LogP contribution in [-0.4, -0.2) is 96.7 Å². The minimum Gasteiger partial charge on any atom is -0.462 e. The normalized spacial score (nSPS) is 14.3. The molecule has 0 heterocycles. The van der Waals surface area contributed by atoms with Gasteiger partial charge in [0.1, 0.15) is 19.3 Å². The molecule has 558 valence electrons. The monoisotopic (exact) mass is 1380 g/mol. The molecule has 3 N–H and O–H groups in total. The SMILES string of the molecule is CCCCCCCCCCCCCCCCCCCCCCCC(=O)O[C@H](COC(=O)CCCCCCCCCCCCCCC)COP(=O)(O)OC[C@@H](O)COP(=O)(O)OC[C@@H](COC(=O)CCCCCCCCC(C)CC)OC(=O)CCCCCCCCCC(C)C. The van der Waals surface area contributed by atoms with Gasteiger partial charge >= 0.3 is 39.5 Å². The van der Waals surface area contributed by atoms with Crippen molar-refractivity contribution in [3.05, 3.63) is 0 Å². The second-order valence-corrected chi connectivity index (χ2v) is 30.7. The first-order chi connectivity index (χ1) is 45.4. The van der Waals surface area contributed by atoms with Crippen LogP contribution in [0.5, 0.6) is 0 Å². The number of unbranched alkanes of at least 4 members (excludes halogenated alkanes) is 43. The molecule has 3 unspecified atom stereocenters. The van der Waals surface area contributed by atoms with Gasteiger partial charge in [-0.15, -0.1) is 0 Å². The van der Waals surface area contributed by atoms with Gasteiger partial charge in [0.15, 0.2) is 12.2 Å². The minimum absolute atomic E-state index is 0.103. The molecule has 0 aromatic heterocycles. The number of carbonyl (C=O) groups excluding carboxylic acids is 4. The van der Waals surface area contributed by atoms with Crippen LogP contribution in [-0.2, 0) is 65.4 Å². The van der Waals surface area contributed by atoms with Crippen molar-refractivity contribution < 1.29 is 80.2 Å². The Bertz CT molecular complexity index is 1820. The van der Waals surface area contributed by atoms with Crippen LogP contribution in [0, 0.1) is 11.8 Å². The van der Waals surface area contributed by atoms with Crippen LogP contribution in [0.4, 0.5) is 0 Å². The molecule has 0 fully saturated rings. The predicted molar refractivity (Wildman–Crippen MR) is 381 cm³/mol. The van der Waals surface area contributed by atoms with Crippen LogP contribution in [0.3, 0.4) is 0 Å². The molecule has 0 saturated carbocycles. The first-order valence-corrected chi connectivity index (χ1v) is 42.0. The lowest BCUT2D eigenvalue weighted by Gasteiger charge is -2.21. The quantitative estimate of drug-likeness (QED) is 0.0222. The molecule has 0 saturated heterocycles. The van der Waals surface area contributed by atoms with E-state index in [1.807, 2.05) is 0 Å². The van der Waals surface area contributed by atoms with Gasteiger partial charge in [-0.25, -0.2) is 9.13 Å². The van der Waals surface area contributed by atoms with Crippen molar-refractivity contribution in [2.24, 2.45) is 11.8 Å². The van der Waals surface area contributed by atoms with Crippen LogP contribution in [0.15, 0.2) is 0 Å². The Hall–Kier alpha value is -1.94. The highest BCUT2D eigenvalue weighted by atomic mass is 31.2. The third kappa shape index (κ3) is 67.3. The summed E-state index contributed by atoms with van der Waals surface area (Å²) < 4.78 is 68.4. The number of ether oxygens (including phenoxy) is 4. The summed E-state index contributed by atoms with van der Waals surface area (Å²) in [5.41, 5.74) is 0. The number of rotatable bonds is 74. The maximum absolute atomic E-state index is 13.1. The molecule has 0 rings (SSSR count). The van der Waals surface area contributed by atoms with Gasteiger partial charge in [-0.1, -0.05) is 337 Å². The number of hydrogen-bond donors (Lipinski definition) is 3. The Balaban J connectivity index is 5.19. The summed E-state index contributed by atoms with van der Waals surface area (Å²) in [6.07, 6.45) is 54.4. The Kier molecular flexibility index (Phi) is 65.5. The van der Waals surface area contributed by atoms with E-state index in [2.05, 4.69) is 41.5 Å². The van der Waals surface area contributed by atoms with Crippen molar-refractivity contribution in [1.82, 2.24) is 0 Å². The van der Waals surface area contributed by atoms with Gasteiger partial charge in [0, 0.05) is 25.7 Å². The average Bonchev–Trinajstić information content (AvgIpc) is 1.41. The second kappa shape index (κ2) is 66.9. The van der Waals surface area contributed by atoms with E-state index in [1.165, 1.54) is 199 Å². The lowest BCUT2D eigenvalue weighted by atomic mass is 10.00. The smallest absolute Gasteiger partial charge is 0.462 e. The Labute approximate surface area is 575 Å². The Morgan fingerprint density at radius 3 is 0.809 bits per heavy atom. The zero-order chi connectivity index (χ0) is 69.3. The van der Waals surface area contributed by atoms with Gasteiger partial charge in [0.25, 0.3) is 0 Å². The van der Waals surface area contributed by atoms with Gasteiger partial charge in [-0.2, -0.15) is 0 Å². The molecule has 0 aliphatic carbocycles. The van der Waals surface area contributed by atoms with Gasteiger partial charge in [0.05, 0.1) is 26.4 Å². The third-order valence-corrected chi connectivity index (χ3v) is 19.7. The van der Waals surface area contributed by atoms with Crippen molar-refractivity contribution >= 4 is 39.5 Å². The standard InChI is InChI=1S/C75H146O17P2/c1-7-10-12-14-16-18-20-22-23-24-25-26-27-28-29-31-33-35-39-47-53-59-74(79)91-70(63-85-72(77)57-51-45-38-34-32-30-21-19-17-15-13-11-8-2)65-89-93(81,82)87-61-69(76)62-88-94(83,84)90-66-71(92-75(80)60-54-48-40-36-37-43-49-55-67(4)5)64-86-73(78)58-52-46-42-41-44-50-56-68(6)9-3/h67-71,76H,7-66H2,1-6H3,(H,81,82)(H,83,84)/t68?,69-,70-,71-/m1/s1. The molecular formula is C75H146O17P2. The Morgan fingerprint density at radius 2 is 0.543 bits per heavy atom. The fourth-order valence-electron chi connectivity index (χ4n) is 11.4. The zero-order valence-corrected chi connectivity index (χ0v) is 63.1. The first-order valence-electron chi connectivity index (χ1n) is 39.0. The molecule has 0 bridgehead atoms. The molecule has 0 aliphatic rings. The van der Waals surface area contributed by atoms with Gasteiger partial charge in [-0.3, -0.25) is 37.3 Å². The minimum atomic E-state index is -4.96. The molecule has 0 amide bonds. The number of carbonyl (C=O) groups is 4. The average molecular weight is 1380 g/mol. The molecule has 17 nitrogen and oxygen atoms in total. The van der Waals surface area contributed by atoms with E-state index in [9.17, 15) is 43.2 Å². The molecule has 0 aliphatic heterocycles. The number of aliphatic hydroxyl groups is 1. The molecule has 0 radical (unpaired) electrons. The van der Waals surface area contributed by atoms with Gasteiger partial charge in [0.2, 0.25) is 0 Å². The summed E-state index contributed by atoms with van der Waals surface area (Å²) in [7, 11) is -9.91. The van der Waals surface area contributed by atoms with Crippen molar-refractivity contribution in [3.63, 3.8) is 0 Å². The van der Waals surface area contributed by atoms with E-state index in [-0.39, 0.29) is 25.7 Å². The predicted octanol–water partition coefficient (Wildman–Crippen LogP) is 21.9. The molecule has 94 heavy (non-hydrogen) atoms. The fraction of sp³-hybridized carbons (Fsp3) is 0.947. The fourth-order valence-corrected chi connectivity index (χ4v) is 13.0. The van der Waals surface area contributed by atoms with Crippen molar-refractivity contribution in [3.8, 4) is 0 Å². The van der Waals surface area contributed by atoms with E-state index in [0.29, 0.717) is 31.6 Å². The Morgan fingerprint density at radius 1 is 0.309 bits per heavy atom. The summed E-state index contributed by atoms with van der Waals surface area (Å²) in [4.78, 5) is 72.7. The number of hydrogen-bond acceptors (Lipinski definition) is 15. The summed E-state index contributed by atoms with van der Waals surface area (Å²) >= 11 is 0. The number of esters is 4. The lowest BCUT2D eigenvalue weighted by molar-refractivity contribution is -0.161. The first kappa shape index (κ1) is 92.1. The van der Waals surface area contributed by atoms with Crippen molar-refractivity contribution in [2.75, 3.05) is 39.6 Å². The molecule has 6 atom stereocenters. The van der Waals surface area contributed by atoms with Crippen molar-refractivity contribution in [2.45, 2.75) is 407 Å². The van der Waals surface area contributed by atoms with E-state index in [4.69, 9.17) is 37.0 Å².